The third-order valence-electron chi connectivity index (χ3n) is 2.28. The van der Waals surface area contributed by atoms with Gasteiger partial charge < -0.3 is 11.1 Å². The first-order valence-electron chi connectivity index (χ1n) is 5.19. The predicted octanol–water partition coefficient (Wildman–Crippen LogP) is 3.17. The average Bonchev–Trinajstić information content (AvgIpc) is 2.75. The molecular weight excluding hydrogens is 355 g/mol. The molecule has 0 saturated carbocycles. The minimum atomic E-state index is -0.275. The van der Waals surface area contributed by atoms with Gasteiger partial charge in [0.15, 0.2) is 0 Å². The number of nitrogen functional groups attached to an aromatic ring is 1. The van der Waals surface area contributed by atoms with Crippen molar-refractivity contribution in [3.05, 3.63) is 38.9 Å². The van der Waals surface area contributed by atoms with E-state index in [1.54, 1.807) is 24.4 Å². The van der Waals surface area contributed by atoms with Crippen LogP contribution in [0, 0.1) is 0 Å². The molecule has 3 N–H and O–H groups in total. The van der Waals surface area contributed by atoms with Crippen molar-refractivity contribution < 1.29 is 4.79 Å². The summed E-state index contributed by atoms with van der Waals surface area (Å²) in [7, 11) is 0. The molecule has 0 unspecified atom stereocenters. The van der Waals surface area contributed by atoms with Gasteiger partial charge in [0.25, 0.3) is 0 Å². The molecule has 0 bridgehead atoms. The number of nitrogens with zero attached hydrogens (tertiary/aromatic N) is 2. The summed E-state index contributed by atoms with van der Waals surface area (Å²) in [4.78, 5) is 11.8. The number of aromatic nitrogens is 2. The van der Waals surface area contributed by atoms with Crippen LogP contribution in [0.15, 0.2) is 28.9 Å². The Labute approximate surface area is 127 Å². The predicted molar refractivity (Wildman–Crippen MR) is 79.4 cm³/mol. The Morgan fingerprint density at radius 1 is 1.37 bits per heavy atom. The van der Waals surface area contributed by atoms with E-state index in [-0.39, 0.29) is 17.5 Å². The Balaban J connectivity index is 2.09. The molecule has 19 heavy (non-hydrogen) atoms. The van der Waals surface area contributed by atoms with Gasteiger partial charge in [0, 0.05) is 10.7 Å². The molecule has 0 aliphatic heterocycles. The number of nitrogens with one attached hydrogen (secondary N) is 1. The van der Waals surface area contributed by atoms with Crippen molar-refractivity contribution >= 4 is 56.5 Å². The molecule has 0 spiro atoms. The van der Waals surface area contributed by atoms with Gasteiger partial charge in [-0.05, 0) is 34.1 Å². The highest BCUT2D eigenvalue weighted by molar-refractivity contribution is 9.10. The molecule has 1 heterocycles. The fraction of sp³-hybridized carbons (Fsp3) is 0.0909. The van der Waals surface area contributed by atoms with Gasteiger partial charge >= 0.3 is 0 Å². The van der Waals surface area contributed by atoms with Crippen molar-refractivity contribution in [2.75, 3.05) is 11.1 Å². The zero-order valence-corrected chi connectivity index (χ0v) is 12.6. The van der Waals surface area contributed by atoms with E-state index < -0.39 is 0 Å². The van der Waals surface area contributed by atoms with E-state index in [1.165, 1.54) is 4.68 Å². The van der Waals surface area contributed by atoms with Crippen LogP contribution in [0.25, 0.3) is 0 Å². The van der Waals surface area contributed by atoms with Crippen molar-refractivity contribution in [3.63, 3.8) is 0 Å². The Kier molecular flexibility index (Phi) is 4.34. The molecule has 0 aliphatic carbocycles. The topological polar surface area (TPSA) is 72.9 Å². The molecule has 1 amide bonds. The SMILES string of the molecule is Nc1ccn(CC(=O)Nc2ccc(Br)c(Cl)c2Cl)n1. The third-order valence-corrected chi connectivity index (χ3v) is 4.05. The second-order valence-corrected chi connectivity index (χ2v) is 5.32. The minimum absolute atomic E-state index is 0.0429. The van der Waals surface area contributed by atoms with E-state index in [4.69, 9.17) is 28.9 Å². The normalized spacial score (nSPS) is 10.5. The largest absolute Gasteiger partial charge is 0.382 e. The Hall–Kier alpha value is -1.24. The van der Waals surface area contributed by atoms with Gasteiger partial charge in [-0.3, -0.25) is 9.48 Å². The Morgan fingerprint density at radius 2 is 2.11 bits per heavy atom. The maximum Gasteiger partial charge on any atom is 0.246 e. The van der Waals surface area contributed by atoms with E-state index in [0.717, 1.165) is 0 Å². The van der Waals surface area contributed by atoms with Crippen LogP contribution in [-0.2, 0) is 11.3 Å². The van der Waals surface area contributed by atoms with Gasteiger partial charge in [0.2, 0.25) is 5.91 Å². The molecule has 0 atom stereocenters. The lowest BCUT2D eigenvalue weighted by molar-refractivity contribution is -0.116. The number of anilines is 2. The van der Waals surface area contributed by atoms with Gasteiger partial charge in [-0.15, -0.1) is 0 Å². The van der Waals surface area contributed by atoms with E-state index in [1.807, 2.05) is 0 Å². The summed E-state index contributed by atoms with van der Waals surface area (Å²) < 4.78 is 2.09. The Bertz CT molecular complexity index is 629. The highest BCUT2D eigenvalue weighted by Gasteiger charge is 2.11. The number of hydrogen-bond donors (Lipinski definition) is 2. The number of carbonyl (C=O) groups is 1. The molecule has 0 fully saturated rings. The van der Waals surface area contributed by atoms with Gasteiger partial charge in [-0.2, -0.15) is 5.10 Å². The van der Waals surface area contributed by atoms with Crippen molar-refractivity contribution in [3.8, 4) is 0 Å². The molecular formula is C11H9BrCl2N4O. The first-order valence-corrected chi connectivity index (χ1v) is 6.74. The number of halogens is 3. The van der Waals surface area contributed by atoms with E-state index in [0.29, 0.717) is 21.0 Å². The lowest BCUT2D eigenvalue weighted by Gasteiger charge is -2.09. The second kappa shape index (κ2) is 5.81. The summed E-state index contributed by atoms with van der Waals surface area (Å²) >= 11 is 15.2. The van der Waals surface area contributed by atoms with Crippen LogP contribution in [0.5, 0.6) is 0 Å². The number of benzene rings is 1. The molecule has 0 saturated heterocycles. The number of rotatable bonds is 3. The van der Waals surface area contributed by atoms with Crippen LogP contribution in [0.1, 0.15) is 0 Å². The molecule has 0 radical (unpaired) electrons. The standard InChI is InChI=1S/C11H9BrCl2N4O/c12-6-1-2-7(11(14)10(6)13)16-9(19)5-18-4-3-8(15)17-18/h1-4H,5H2,(H2,15,17)(H,16,19). The average molecular weight is 364 g/mol. The van der Waals surface area contributed by atoms with E-state index in [2.05, 4.69) is 26.3 Å². The number of amides is 1. The molecule has 2 aromatic rings. The fourth-order valence-electron chi connectivity index (χ4n) is 1.42. The lowest BCUT2D eigenvalue weighted by Crippen LogP contribution is -2.19. The highest BCUT2D eigenvalue weighted by atomic mass is 79.9. The smallest absolute Gasteiger partial charge is 0.246 e. The number of hydrogen-bond acceptors (Lipinski definition) is 3. The molecule has 5 nitrogen and oxygen atoms in total. The molecule has 1 aromatic carbocycles. The van der Waals surface area contributed by atoms with Crippen LogP contribution < -0.4 is 11.1 Å². The minimum Gasteiger partial charge on any atom is -0.382 e. The van der Waals surface area contributed by atoms with Crippen LogP contribution in [0.2, 0.25) is 10.0 Å². The van der Waals surface area contributed by atoms with Crippen LogP contribution >= 0.6 is 39.1 Å². The van der Waals surface area contributed by atoms with Crippen LogP contribution in [-0.4, -0.2) is 15.7 Å². The zero-order valence-electron chi connectivity index (χ0n) is 9.53. The number of carbonyl (C=O) groups excluding carboxylic acids is 1. The van der Waals surface area contributed by atoms with E-state index in [9.17, 15) is 4.79 Å². The maximum atomic E-state index is 11.8. The molecule has 2 rings (SSSR count). The van der Waals surface area contributed by atoms with Crippen molar-refractivity contribution in [2.45, 2.75) is 6.54 Å². The summed E-state index contributed by atoms with van der Waals surface area (Å²) in [6.07, 6.45) is 1.62. The van der Waals surface area contributed by atoms with Crippen molar-refractivity contribution in [1.82, 2.24) is 9.78 Å². The summed E-state index contributed by atoms with van der Waals surface area (Å²) in [5.41, 5.74) is 5.90. The summed E-state index contributed by atoms with van der Waals surface area (Å²) in [6.45, 7) is 0.0429. The fourth-order valence-corrected chi connectivity index (χ4v) is 2.25. The molecule has 100 valence electrons. The summed E-state index contributed by atoms with van der Waals surface area (Å²) in [5, 5.41) is 7.20. The molecule has 0 aliphatic rings. The van der Waals surface area contributed by atoms with Gasteiger partial charge in [-0.25, -0.2) is 0 Å². The van der Waals surface area contributed by atoms with Gasteiger partial charge in [0.1, 0.15) is 12.4 Å². The van der Waals surface area contributed by atoms with E-state index >= 15 is 0 Å². The monoisotopic (exact) mass is 362 g/mol. The lowest BCUT2D eigenvalue weighted by atomic mass is 10.3. The summed E-state index contributed by atoms with van der Waals surface area (Å²) in [5.74, 6) is 0.0842. The molecule has 1 aromatic heterocycles. The summed E-state index contributed by atoms with van der Waals surface area (Å²) in [6, 6.07) is 4.97. The first-order chi connectivity index (χ1) is 8.97. The Morgan fingerprint density at radius 3 is 2.74 bits per heavy atom. The number of nitrogens with two attached hydrogens (primary N) is 1. The zero-order chi connectivity index (χ0) is 14.0. The second-order valence-electron chi connectivity index (χ2n) is 3.71. The van der Waals surface area contributed by atoms with Crippen molar-refractivity contribution in [2.24, 2.45) is 0 Å². The van der Waals surface area contributed by atoms with Gasteiger partial charge in [-0.1, -0.05) is 23.2 Å². The quantitative estimate of drug-likeness (QED) is 0.822. The highest BCUT2D eigenvalue weighted by Crippen LogP contribution is 2.35. The molecule has 8 heteroatoms. The van der Waals surface area contributed by atoms with Crippen molar-refractivity contribution in [1.29, 1.82) is 0 Å². The van der Waals surface area contributed by atoms with Crippen LogP contribution in [0.3, 0.4) is 0 Å². The van der Waals surface area contributed by atoms with Crippen LogP contribution in [0.4, 0.5) is 11.5 Å². The maximum absolute atomic E-state index is 11.8. The van der Waals surface area contributed by atoms with Gasteiger partial charge in [0.05, 0.1) is 15.7 Å². The first kappa shape index (κ1) is 14.2. The third kappa shape index (κ3) is 3.40.